The summed E-state index contributed by atoms with van der Waals surface area (Å²) >= 11 is 0. The van der Waals surface area contributed by atoms with Gasteiger partial charge in [0.25, 0.3) is 0 Å². The lowest BCUT2D eigenvalue weighted by atomic mass is 10.1. The van der Waals surface area contributed by atoms with Crippen molar-refractivity contribution in [1.29, 1.82) is 0 Å². The van der Waals surface area contributed by atoms with Crippen LogP contribution in [-0.4, -0.2) is 18.5 Å². The fourth-order valence-electron chi connectivity index (χ4n) is 2.01. The smallest absolute Gasteiger partial charge is 0.242 e. The molecule has 0 aliphatic carbocycles. The summed E-state index contributed by atoms with van der Waals surface area (Å²) in [6.07, 6.45) is 2.71. The SMILES string of the molecule is Cc1ccc(F)c(NC2CCCCNC2=O)c1. The van der Waals surface area contributed by atoms with Gasteiger partial charge in [-0.3, -0.25) is 4.79 Å². The number of anilines is 1. The van der Waals surface area contributed by atoms with Crippen LogP contribution in [-0.2, 0) is 4.79 Å². The Morgan fingerprint density at radius 3 is 3.06 bits per heavy atom. The van der Waals surface area contributed by atoms with Gasteiger partial charge in [0.05, 0.1) is 5.69 Å². The molecule has 1 aliphatic heterocycles. The monoisotopic (exact) mass is 236 g/mol. The van der Waals surface area contributed by atoms with Crippen molar-refractivity contribution in [3.05, 3.63) is 29.6 Å². The molecule has 17 heavy (non-hydrogen) atoms. The number of hydrogen-bond donors (Lipinski definition) is 2. The van der Waals surface area contributed by atoms with Gasteiger partial charge < -0.3 is 10.6 Å². The van der Waals surface area contributed by atoms with Gasteiger partial charge in [-0.1, -0.05) is 6.07 Å². The van der Waals surface area contributed by atoms with Crippen molar-refractivity contribution in [2.75, 3.05) is 11.9 Å². The van der Waals surface area contributed by atoms with Crippen LogP contribution in [0.15, 0.2) is 18.2 Å². The highest BCUT2D eigenvalue weighted by Crippen LogP contribution is 2.19. The van der Waals surface area contributed by atoms with E-state index >= 15 is 0 Å². The van der Waals surface area contributed by atoms with Crippen molar-refractivity contribution < 1.29 is 9.18 Å². The van der Waals surface area contributed by atoms with Crippen LogP contribution < -0.4 is 10.6 Å². The molecule has 1 aromatic rings. The molecule has 1 aromatic carbocycles. The molecule has 1 fully saturated rings. The Labute approximate surface area is 100 Å². The first kappa shape index (κ1) is 11.9. The minimum Gasteiger partial charge on any atom is -0.371 e. The number of nitrogens with one attached hydrogen (secondary N) is 2. The van der Waals surface area contributed by atoms with Crippen molar-refractivity contribution >= 4 is 11.6 Å². The van der Waals surface area contributed by atoms with E-state index in [2.05, 4.69) is 10.6 Å². The zero-order chi connectivity index (χ0) is 12.3. The summed E-state index contributed by atoms with van der Waals surface area (Å²) in [5.41, 5.74) is 1.38. The Morgan fingerprint density at radius 1 is 1.41 bits per heavy atom. The molecule has 0 saturated carbocycles. The first-order valence-electron chi connectivity index (χ1n) is 5.97. The fourth-order valence-corrected chi connectivity index (χ4v) is 2.01. The molecule has 1 amide bonds. The minimum atomic E-state index is -0.325. The van der Waals surface area contributed by atoms with Crippen LogP contribution in [0, 0.1) is 12.7 Å². The lowest BCUT2D eigenvalue weighted by molar-refractivity contribution is -0.121. The van der Waals surface area contributed by atoms with Gasteiger partial charge in [0.2, 0.25) is 5.91 Å². The van der Waals surface area contributed by atoms with E-state index in [-0.39, 0.29) is 17.8 Å². The Balaban J connectivity index is 2.13. The van der Waals surface area contributed by atoms with Crippen LogP contribution in [0.25, 0.3) is 0 Å². The van der Waals surface area contributed by atoms with Crippen molar-refractivity contribution in [2.45, 2.75) is 32.2 Å². The largest absolute Gasteiger partial charge is 0.371 e. The summed E-state index contributed by atoms with van der Waals surface area (Å²) < 4.78 is 13.6. The van der Waals surface area contributed by atoms with Gasteiger partial charge in [-0.25, -0.2) is 4.39 Å². The Bertz CT molecular complexity index is 420. The average Bonchev–Trinajstić information content (AvgIpc) is 2.50. The topological polar surface area (TPSA) is 41.1 Å². The summed E-state index contributed by atoms with van der Waals surface area (Å²) in [7, 11) is 0. The van der Waals surface area contributed by atoms with Gasteiger partial charge in [0.1, 0.15) is 11.9 Å². The molecule has 1 unspecified atom stereocenters. The lowest BCUT2D eigenvalue weighted by Crippen LogP contribution is -2.38. The van der Waals surface area contributed by atoms with Crippen LogP contribution in [0.4, 0.5) is 10.1 Å². The van der Waals surface area contributed by atoms with E-state index < -0.39 is 0 Å². The number of carbonyl (C=O) groups excluding carboxylic acids is 1. The quantitative estimate of drug-likeness (QED) is 0.826. The van der Waals surface area contributed by atoms with E-state index in [0.29, 0.717) is 12.2 Å². The Kier molecular flexibility index (Phi) is 3.61. The minimum absolute atomic E-state index is 0.0385. The average molecular weight is 236 g/mol. The van der Waals surface area contributed by atoms with Crippen LogP contribution in [0.3, 0.4) is 0 Å². The van der Waals surface area contributed by atoms with Gasteiger partial charge >= 0.3 is 0 Å². The second-order valence-electron chi connectivity index (χ2n) is 4.47. The third kappa shape index (κ3) is 2.96. The maximum atomic E-state index is 13.6. The lowest BCUT2D eigenvalue weighted by Gasteiger charge is -2.17. The summed E-state index contributed by atoms with van der Waals surface area (Å²) in [5, 5.41) is 5.82. The summed E-state index contributed by atoms with van der Waals surface area (Å²) in [6, 6.07) is 4.54. The molecule has 0 spiro atoms. The molecule has 2 N–H and O–H groups in total. The zero-order valence-corrected chi connectivity index (χ0v) is 9.92. The number of benzene rings is 1. The van der Waals surface area contributed by atoms with Gasteiger partial charge in [0.15, 0.2) is 0 Å². The molecular formula is C13H17FN2O. The second-order valence-corrected chi connectivity index (χ2v) is 4.47. The number of halogens is 1. The normalized spacial score (nSPS) is 20.6. The number of aryl methyl sites for hydroxylation is 1. The highest BCUT2D eigenvalue weighted by molar-refractivity contribution is 5.84. The van der Waals surface area contributed by atoms with Crippen LogP contribution in [0.1, 0.15) is 24.8 Å². The van der Waals surface area contributed by atoms with E-state index in [9.17, 15) is 9.18 Å². The fraction of sp³-hybridized carbons (Fsp3) is 0.462. The van der Waals surface area contributed by atoms with Crippen LogP contribution in [0.5, 0.6) is 0 Å². The van der Waals surface area contributed by atoms with E-state index in [0.717, 1.165) is 24.8 Å². The molecule has 0 bridgehead atoms. The van der Waals surface area contributed by atoms with Gasteiger partial charge in [-0.2, -0.15) is 0 Å². The molecule has 3 nitrogen and oxygen atoms in total. The van der Waals surface area contributed by atoms with Crippen LogP contribution in [0.2, 0.25) is 0 Å². The van der Waals surface area contributed by atoms with Crippen molar-refractivity contribution in [3.63, 3.8) is 0 Å². The summed E-state index contributed by atoms with van der Waals surface area (Å²) in [6.45, 7) is 2.62. The third-order valence-electron chi connectivity index (χ3n) is 2.99. The maximum absolute atomic E-state index is 13.6. The first-order valence-corrected chi connectivity index (χ1v) is 5.97. The predicted octanol–water partition coefficient (Wildman–Crippen LogP) is 2.21. The zero-order valence-electron chi connectivity index (χ0n) is 9.92. The Morgan fingerprint density at radius 2 is 2.24 bits per heavy atom. The molecule has 0 radical (unpaired) electrons. The molecule has 1 aliphatic rings. The van der Waals surface area contributed by atoms with Gasteiger partial charge in [-0.05, 0) is 43.9 Å². The van der Waals surface area contributed by atoms with Crippen molar-refractivity contribution in [2.24, 2.45) is 0 Å². The van der Waals surface area contributed by atoms with E-state index in [1.807, 2.05) is 6.92 Å². The highest BCUT2D eigenvalue weighted by atomic mass is 19.1. The molecule has 2 rings (SSSR count). The van der Waals surface area contributed by atoms with E-state index in [1.165, 1.54) is 6.07 Å². The number of carbonyl (C=O) groups is 1. The van der Waals surface area contributed by atoms with Gasteiger partial charge in [-0.15, -0.1) is 0 Å². The van der Waals surface area contributed by atoms with Crippen LogP contribution >= 0.6 is 0 Å². The van der Waals surface area contributed by atoms with Crippen molar-refractivity contribution in [3.8, 4) is 0 Å². The number of amides is 1. The third-order valence-corrected chi connectivity index (χ3v) is 2.99. The molecule has 92 valence electrons. The molecule has 4 heteroatoms. The highest BCUT2D eigenvalue weighted by Gasteiger charge is 2.21. The molecule has 0 aromatic heterocycles. The maximum Gasteiger partial charge on any atom is 0.242 e. The second kappa shape index (κ2) is 5.17. The van der Waals surface area contributed by atoms with Gasteiger partial charge in [0, 0.05) is 6.54 Å². The standard InChI is InChI=1S/C13H17FN2O/c1-9-5-6-10(14)12(8-9)16-11-4-2-3-7-15-13(11)17/h5-6,8,11,16H,2-4,7H2,1H3,(H,15,17). The summed E-state index contributed by atoms with van der Waals surface area (Å²) in [4.78, 5) is 11.7. The van der Waals surface area contributed by atoms with E-state index in [4.69, 9.17) is 0 Å². The number of rotatable bonds is 2. The molecular weight excluding hydrogens is 219 g/mol. The molecule has 1 atom stereocenters. The summed E-state index contributed by atoms with van der Waals surface area (Å²) in [5.74, 6) is -0.351. The molecule has 1 heterocycles. The van der Waals surface area contributed by atoms with E-state index in [1.54, 1.807) is 12.1 Å². The first-order chi connectivity index (χ1) is 8.16. The van der Waals surface area contributed by atoms with Crippen molar-refractivity contribution in [1.82, 2.24) is 5.32 Å². The Hall–Kier alpha value is -1.58. The predicted molar refractivity (Wildman–Crippen MR) is 65.4 cm³/mol. The number of hydrogen-bond acceptors (Lipinski definition) is 2. The molecule has 1 saturated heterocycles.